The van der Waals surface area contributed by atoms with E-state index in [0.717, 1.165) is 12.8 Å². The highest BCUT2D eigenvalue weighted by atomic mass is 32.2. The molecule has 0 aliphatic carbocycles. The van der Waals surface area contributed by atoms with Gasteiger partial charge in [-0.2, -0.15) is 4.72 Å². The summed E-state index contributed by atoms with van der Waals surface area (Å²) in [5.74, 6) is -2.12. The van der Waals surface area contributed by atoms with Crippen LogP contribution in [0, 0.1) is 5.92 Å². The van der Waals surface area contributed by atoms with E-state index in [2.05, 4.69) is 4.72 Å². The van der Waals surface area contributed by atoms with Crippen LogP contribution >= 0.6 is 0 Å². The van der Waals surface area contributed by atoms with Crippen molar-refractivity contribution in [3.63, 3.8) is 0 Å². The Morgan fingerprint density at radius 2 is 1.84 bits per heavy atom. The largest absolute Gasteiger partial charge is 0.480 e. The molecule has 1 atom stereocenters. The summed E-state index contributed by atoms with van der Waals surface area (Å²) >= 11 is 0. The number of nitrogens with one attached hydrogen (secondary N) is 1. The van der Waals surface area contributed by atoms with Gasteiger partial charge in [0.1, 0.15) is 6.04 Å². The fourth-order valence-electron chi connectivity index (χ4n) is 2.28. The number of hydrogen-bond donors (Lipinski definition) is 2. The zero-order valence-corrected chi connectivity index (χ0v) is 15.8. The van der Waals surface area contributed by atoms with Crippen LogP contribution in [0.25, 0.3) is 0 Å². The summed E-state index contributed by atoms with van der Waals surface area (Å²) in [6.07, 6.45) is 1.72. The molecule has 0 heterocycles. The van der Waals surface area contributed by atoms with Crippen LogP contribution in [0.5, 0.6) is 0 Å². The second kappa shape index (κ2) is 8.96. The summed E-state index contributed by atoms with van der Waals surface area (Å²) in [5, 5.41) is 9.22. The third kappa shape index (κ3) is 5.54. The van der Waals surface area contributed by atoms with Gasteiger partial charge in [-0.05, 0) is 24.5 Å². The van der Waals surface area contributed by atoms with E-state index in [1.54, 1.807) is 27.0 Å². The van der Waals surface area contributed by atoms with E-state index in [0.29, 0.717) is 6.54 Å². The number of carboxylic acid groups (broad SMARTS) is 1. The average molecular weight is 370 g/mol. The average Bonchev–Trinajstić information content (AvgIpc) is 2.56. The Bertz CT molecular complexity index is 716. The van der Waals surface area contributed by atoms with Crippen molar-refractivity contribution in [3.8, 4) is 0 Å². The molecule has 0 aliphatic rings. The molecule has 0 bridgehead atoms. The van der Waals surface area contributed by atoms with Crippen LogP contribution in [0.3, 0.4) is 0 Å². The maximum Gasteiger partial charge on any atom is 0.322 e. The van der Waals surface area contributed by atoms with E-state index >= 15 is 0 Å². The molecule has 140 valence electrons. The maximum atomic E-state index is 12.7. The maximum absolute atomic E-state index is 12.7. The number of carboxylic acids is 1. The SMILES string of the molecule is CCCCN(C)C(=O)c1ccccc1S(=O)(=O)N[C@@H](C(=O)O)C(C)C. The summed E-state index contributed by atoms with van der Waals surface area (Å²) in [7, 11) is -2.54. The summed E-state index contributed by atoms with van der Waals surface area (Å²) in [5.41, 5.74) is 0.0292. The summed E-state index contributed by atoms with van der Waals surface area (Å²) in [6.45, 7) is 5.73. The Balaban J connectivity index is 3.21. The number of benzene rings is 1. The number of carbonyl (C=O) groups is 2. The van der Waals surface area contributed by atoms with Crippen LogP contribution in [-0.4, -0.2) is 49.9 Å². The van der Waals surface area contributed by atoms with Crippen molar-refractivity contribution in [3.05, 3.63) is 29.8 Å². The van der Waals surface area contributed by atoms with Gasteiger partial charge in [-0.25, -0.2) is 8.42 Å². The highest BCUT2D eigenvalue weighted by Gasteiger charge is 2.30. The number of aliphatic carboxylic acids is 1. The number of carbonyl (C=O) groups excluding carboxylic acids is 1. The third-order valence-electron chi connectivity index (χ3n) is 3.82. The molecule has 1 rings (SSSR count). The van der Waals surface area contributed by atoms with Crippen molar-refractivity contribution in [2.45, 2.75) is 44.6 Å². The van der Waals surface area contributed by atoms with Gasteiger partial charge >= 0.3 is 5.97 Å². The second-order valence-electron chi connectivity index (χ2n) is 6.26. The summed E-state index contributed by atoms with van der Waals surface area (Å²) in [4.78, 5) is 25.1. The highest BCUT2D eigenvalue weighted by molar-refractivity contribution is 7.89. The van der Waals surface area contributed by atoms with Gasteiger partial charge in [0.05, 0.1) is 10.5 Å². The van der Waals surface area contributed by atoms with Gasteiger partial charge < -0.3 is 10.0 Å². The normalized spacial score (nSPS) is 12.8. The minimum absolute atomic E-state index is 0.0292. The van der Waals surface area contributed by atoms with Crippen molar-refractivity contribution in [1.82, 2.24) is 9.62 Å². The van der Waals surface area contributed by atoms with Crippen molar-refractivity contribution in [2.24, 2.45) is 5.92 Å². The number of amides is 1. The van der Waals surface area contributed by atoms with E-state index in [1.807, 2.05) is 6.92 Å². The number of nitrogens with zero attached hydrogens (tertiary/aromatic N) is 1. The van der Waals surface area contributed by atoms with Gasteiger partial charge in [-0.3, -0.25) is 9.59 Å². The molecule has 0 fully saturated rings. The molecule has 0 radical (unpaired) electrons. The predicted octanol–water partition coefficient (Wildman–Crippen LogP) is 1.95. The molecule has 0 unspecified atom stereocenters. The van der Waals surface area contributed by atoms with E-state index in [9.17, 15) is 23.1 Å². The van der Waals surface area contributed by atoms with Gasteiger partial charge in [-0.1, -0.05) is 39.3 Å². The van der Waals surface area contributed by atoms with Gasteiger partial charge in [-0.15, -0.1) is 0 Å². The van der Waals surface area contributed by atoms with Crippen molar-refractivity contribution < 1.29 is 23.1 Å². The first-order chi connectivity index (χ1) is 11.6. The first-order valence-electron chi connectivity index (χ1n) is 8.21. The van der Waals surface area contributed by atoms with Crippen LogP contribution in [0.15, 0.2) is 29.2 Å². The Labute approximate surface area is 149 Å². The zero-order chi connectivity index (χ0) is 19.2. The standard InChI is InChI=1S/C17H26N2O5S/c1-5-6-11-19(4)16(20)13-9-7-8-10-14(13)25(23,24)18-15(12(2)3)17(21)22/h7-10,12,15,18H,5-6,11H2,1-4H3,(H,21,22)/t15-/m1/s1. The molecule has 1 aromatic carbocycles. The minimum Gasteiger partial charge on any atom is -0.480 e. The van der Waals surface area contributed by atoms with Crippen molar-refractivity contribution >= 4 is 21.9 Å². The van der Waals surface area contributed by atoms with Crippen LogP contribution in [0.1, 0.15) is 44.0 Å². The van der Waals surface area contributed by atoms with Gasteiger partial charge in [0.25, 0.3) is 5.91 Å². The smallest absolute Gasteiger partial charge is 0.322 e. The van der Waals surface area contributed by atoms with Gasteiger partial charge in [0.2, 0.25) is 10.0 Å². The summed E-state index contributed by atoms with van der Waals surface area (Å²) in [6, 6.07) is 4.55. The van der Waals surface area contributed by atoms with Gasteiger partial charge in [0, 0.05) is 13.6 Å². The van der Waals surface area contributed by atoms with E-state index < -0.39 is 33.9 Å². The number of sulfonamides is 1. The molecule has 0 saturated heterocycles. The Hall–Kier alpha value is -1.93. The Morgan fingerprint density at radius 3 is 2.36 bits per heavy atom. The molecule has 8 heteroatoms. The molecular formula is C17H26N2O5S. The molecule has 0 spiro atoms. The van der Waals surface area contributed by atoms with Crippen LogP contribution in [-0.2, 0) is 14.8 Å². The molecule has 7 nitrogen and oxygen atoms in total. The monoisotopic (exact) mass is 370 g/mol. The lowest BCUT2D eigenvalue weighted by Gasteiger charge is -2.21. The van der Waals surface area contributed by atoms with E-state index in [1.165, 1.54) is 23.1 Å². The number of rotatable bonds is 9. The molecule has 2 N–H and O–H groups in total. The molecule has 25 heavy (non-hydrogen) atoms. The molecule has 1 amide bonds. The molecule has 0 aromatic heterocycles. The first-order valence-corrected chi connectivity index (χ1v) is 9.69. The summed E-state index contributed by atoms with van der Waals surface area (Å²) < 4.78 is 27.5. The fraction of sp³-hybridized carbons (Fsp3) is 0.529. The van der Waals surface area contributed by atoms with Crippen LogP contribution in [0.4, 0.5) is 0 Å². The number of hydrogen-bond acceptors (Lipinski definition) is 4. The highest BCUT2D eigenvalue weighted by Crippen LogP contribution is 2.19. The van der Waals surface area contributed by atoms with Crippen molar-refractivity contribution in [1.29, 1.82) is 0 Å². The quantitative estimate of drug-likeness (QED) is 0.691. The predicted molar refractivity (Wildman–Crippen MR) is 94.9 cm³/mol. The third-order valence-corrected chi connectivity index (χ3v) is 5.31. The van der Waals surface area contributed by atoms with Crippen LogP contribution < -0.4 is 4.72 Å². The van der Waals surface area contributed by atoms with Crippen LogP contribution in [0.2, 0.25) is 0 Å². The second-order valence-corrected chi connectivity index (χ2v) is 7.94. The first kappa shape index (κ1) is 21.1. The lowest BCUT2D eigenvalue weighted by Crippen LogP contribution is -2.44. The molecule has 1 aromatic rings. The molecule has 0 saturated carbocycles. The topological polar surface area (TPSA) is 104 Å². The lowest BCUT2D eigenvalue weighted by atomic mass is 10.1. The Kier molecular flexibility index (Phi) is 7.57. The van der Waals surface area contributed by atoms with E-state index in [-0.39, 0.29) is 10.5 Å². The van der Waals surface area contributed by atoms with E-state index in [4.69, 9.17) is 0 Å². The zero-order valence-electron chi connectivity index (χ0n) is 15.0. The lowest BCUT2D eigenvalue weighted by molar-refractivity contribution is -0.140. The minimum atomic E-state index is -4.16. The van der Waals surface area contributed by atoms with Crippen molar-refractivity contribution in [2.75, 3.05) is 13.6 Å². The molecular weight excluding hydrogens is 344 g/mol. The number of unbranched alkanes of at least 4 members (excludes halogenated alkanes) is 1. The molecule has 0 aliphatic heterocycles. The fourth-order valence-corrected chi connectivity index (χ4v) is 3.82. The van der Waals surface area contributed by atoms with Gasteiger partial charge in [0.15, 0.2) is 0 Å². The Morgan fingerprint density at radius 1 is 1.24 bits per heavy atom.